The van der Waals surface area contributed by atoms with Gasteiger partial charge in [0.1, 0.15) is 12.1 Å². The van der Waals surface area contributed by atoms with Crippen molar-refractivity contribution in [1.29, 1.82) is 0 Å². The maximum Gasteiger partial charge on any atom is 0.330 e. The first-order valence-electron chi connectivity index (χ1n) is 6.20. The number of aromatic nitrogens is 6. The molecule has 0 saturated carbocycles. The zero-order chi connectivity index (χ0) is 15.0. The Hall–Kier alpha value is -2.97. The summed E-state index contributed by atoms with van der Waals surface area (Å²) in [6.45, 7) is 1.81. The van der Waals surface area contributed by atoms with Crippen LogP contribution in [-0.4, -0.2) is 40.4 Å². The number of aliphatic carboxylic acids is 1. The van der Waals surface area contributed by atoms with E-state index in [0.29, 0.717) is 22.9 Å². The molecule has 0 aromatic carbocycles. The van der Waals surface area contributed by atoms with E-state index in [1.54, 1.807) is 30.9 Å². The van der Waals surface area contributed by atoms with Crippen molar-refractivity contribution < 1.29 is 9.90 Å². The molecule has 0 saturated heterocycles. The van der Waals surface area contributed by atoms with E-state index in [9.17, 15) is 9.90 Å². The Labute approximate surface area is 119 Å². The molecule has 3 aromatic rings. The molecular weight excluding hydrogens is 274 g/mol. The van der Waals surface area contributed by atoms with Crippen LogP contribution >= 0.6 is 0 Å². The fraction of sp³-hybridized carbons (Fsp3) is 0.250. The summed E-state index contributed by atoms with van der Waals surface area (Å²) in [4.78, 5) is 19.7. The molecule has 9 heteroatoms. The van der Waals surface area contributed by atoms with Crippen LogP contribution in [0.1, 0.15) is 17.3 Å². The summed E-state index contributed by atoms with van der Waals surface area (Å²) in [6.07, 6.45) is 4.53. The number of nitrogens with one attached hydrogen (secondary N) is 1. The van der Waals surface area contributed by atoms with Gasteiger partial charge in [-0.15, -0.1) is 0 Å². The molecule has 21 heavy (non-hydrogen) atoms. The summed E-state index contributed by atoms with van der Waals surface area (Å²) < 4.78 is 3.01. The minimum Gasteiger partial charge on any atom is -0.479 e. The number of anilines is 1. The number of carboxylic acid groups (broad SMARTS) is 1. The van der Waals surface area contributed by atoms with Gasteiger partial charge in [-0.05, 0) is 6.92 Å². The Kier molecular flexibility index (Phi) is 3.01. The second-order valence-electron chi connectivity index (χ2n) is 4.62. The van der Waals surface area contributed by atoms with Gasteiger partial charge in [0.2, 0.25) is 0 Å². The lowest BCUT2D eigenvalue weighted by Gasteiger charge is -2.15. The Morgan fingerprint density at radius 2 is 2.24 bits per heavy atom. The first-order chi connectivity index (χ1) is 10.0. The van der Waals surface area contributed by atoms with Crippen molar-refractivity contribution in [2.75, 3.05) is 5.32 Å². The molecule has 3 rings (SSSR count). The lowest BCUT2D eigenvalue weighted by molar-refractivity contribution is -0.138. The van der Waals surface area contributed by atoms with Gasteiger partial charge in [-0.2, -0.15) is 19.7 Å². The standard InChI is InChI=1S/C12H13N7O2/c1-7-3-9(19-12(16-7)13-6-15-19)17-10(11(20)21)8-4-14-18(2)5-8/h3-6,10,17H,1-2H3,(H,20,21). The van der Waals surface area contributed by atoms with Gasteiger partial charge in [-0.1, -0.05) is 0 Å². The minimum atomic E-state index is -1.01. The normalized spacial score (nSPS) is 12.5. The van der Waals surface area contributed by atoms with Crippen molar-refractivity contribution in [3.63, 3.8) is 0 Å². The molecule has 0 radical (unpaired) electrons. The molecule has 108 valence electrons. The number of carbonyl (C=O) groups is 1. The molecule has 1 atom stereocenters. The molecule has 0 fully saturated rings. The largest absolute Gasteiger partial charge is 0.479 e. The van der Waals surface area contributed by atoms with E-state index in [1.165, 1.54) is 17.0 Å². The summed E-state index contributed by atoms with van der Waals surface area (Å²) in [7, 11) is 1.73. The summed E-state index contributed by atoms with van der Waals surface area (Å²) in [5.41, 5.74) is 1.26. The van der Waals surface area contributed by atoms with Crippen LogP contribution in [0.3, 0.4) is 0 Å². The number of carboxylic acids is 1. The molecule has 0 amide bonds. The van der Waals surface area contributed by atoms with Crippen LogP contribution in [0.2, 0.25) is 0 Å². The maximum atomic E-state index is 11.5. The molecule has 0 spiro atoms. The second-order valence-corrected chi connectivity index (χ2v) is 4.62. The van der Waals surface area contributed by atoms with E-state index in [4.69, 9.17) is 0 Å². The Morgan fingerprint density at radius 3 is 2.90 bits per heavy atom. The van der Waals surface area contributed by atoms with Crippen LogP contribution in [0.25, 0.3) is 5.78 Å². The lowest BCUT2D eigenvalue weighted by atomic mass is 10.1. The number of rotatable bonds is 4. The van der Waals surface area contributed by atoms with Crippen LogP contribution in [0.4, 0.5) is 5.82 Å². The van der Waals surface area contributed by atoms with E-state index in [-0.39, 0.29) is 0 Å². The summed E-state index contributed by atoms with van der Waals surface area (Å²) >= 11 is 0. The lowest BCUT2D eigenvalue weighted by Crippen LogP contribution is -2.22. The van der Waals surface area contributed by atoms with Gasteiger partial charge in [0.15, 0.2) is 6.04 Å². The molecule has 9 nitrogen and oxygen atoms in total. The topological polar surface area (TPSA) is 110 Å². The van der Waals surface area contributed by atoms with Crippen molar-refractivity contribution in [2.24, 2.45) is 7.05 Å². The van der Waals surface area contributed by atoms with Gasteiger partial charge in [-0.25, -0.2) is 9.78 Å². The number of aryl methyl sites for hydroxylation is 2. The first kappa shape index (κ1) is 13.0. The molecule has 0 aliphatic carbocycles. The molecule has 2 N–H and O–H groups in total. The van der Waals surface area contributed by atoms with Crippen LogP contribution in [-0.2, 0) is 11.8 Å². The highest BCUT2D eigenvalue weighted by molar-refractivity contribution is 5.78. The van der Waals surface area contributed by atoms with Gasteiger partial charge >= 0.3 is 5.97 Å². The van der Waals surface area contributed by atoms with Gasteiger partial charge in [0.25, 0.3) is 5.78 Å². The minimum absolute atomic E-state index is 0.410. The zero-order valence-corrected chi connectivity index (χ0v) is 11.4. The van der Waals surface area contributed by atoms with E-state index in [0.717, 1.165) is 0 Å². The average molecular weight is 287 g/mol. The van der Waals surface area contributed by atoms with Gasteiger partial charge in [-0.3, -0.25) is 4.68 Å². The maximum absolute atomic E-state index is 11.5. The highest BCUT2D eigenvalue weighted by Gasteiger charge is 2.22. The second kappa shape index (κ2) is 4.85. The van der Waals surface area contributed by atoms with Crippen LogP contribution < -0.4 is 5.32 Å². The predicted molar refractivity (Wildman–Crippen MR) is 72.7 cm³/mol. The molecule has 3 aromatic heterocycles. The van der Waals surface area contributed by atoms with Crippen molar-refractivity contribution in [2.45, 2.75) is 13.0 Å². The summed E-state index contributed by atoms with van der Waals surface area (Å²) in [5, 5.41) is 20.4. The fourth-order valence-corrected chi connectivity index (χ4v) is 2.06. The molecule has 0 bridgehead atoms. The third-order valence-electron chi connectivity index (χ3n) is 2.98. The van der Waals surface area contributed by atoms with Crippen molar-refractivity contribution in [3.8, 4) is 0 Å². The van der Waals surface area contributed by atoms with E-state index in [1.807, 2.05) is 0 Å². The highest BCUT2D eigenvalue weighted by Crippen LogP contribution is 2.20. The number of fused-ring (bicyclic) bond motifs is 1. The smallest absolute Gasteiger partial charge is 0.330 e. The van der Waals surface area contributed by atoms with Crippen LogP contribution in [0.5, 0.6) is 0 Å². The summed E-state index contributed by atoms with van der Waals surface area (Å²) in [6, 6.07) is 0.779. The number of hydrogen-bond donors (Lipinski definition) is 2. The molecule has 1 unspecified atom stereocenters. The first-order valence-corrected chi connectivity index (χ1v) is 6.20. The van der Waals surface area contributed by atoms with E-state index in [2.05, 4.69) is 25.5 Å². The van der Waals surface area contributed by atoms with Gasteiger partial charge in [0, 0.05) is 30.6 Å². The Balaban J connectivity index is 2.02. The Morgan fingerprint density at radius 1 is 1.43 bits per heavy atom. The molecular formula is C12H13N7O2. The molecule has 3 heterocycles. The van der Waals surface area contributed by atoms with Crippen molar-refractivity contribution >= 4 is 17.6 Å². The van der Waals surface area contributed by atoms with Gasteiger partial charge in [0.05, 0.1) is 6.20 Å². The number of hydrogen-bond acceptors (Lipinski definition) is 6. The van der Waals surface area contributed by atoms with Crippen LogP contribution in [0, 0.1) is 6.92 Å². The molecule has 0 aliphatic heterocycles. The van der Waals surface area contributed by atoms with E-state index < -0.39 is 12.0 Å². The van der Waals surface area contributed by atoms with Crippen molar-refractivity contribution in [1.82, 2.24) is 29.4 Å². The average Bonchev–Trinajstić information content (AvgIpc) is 3.03. The SMILES string of the molecule is Cc1cc(NC(C(=O)O)c2cnn(C)c2)n2ncnc2n1. The fourth-order valence-electron chi connectivity index (χ4n) is 2.06. The highest BCUT2D eigenvalue weighted by atomic mass is 16.4. The monoisotopic (exact) mass is 287 g/mol. The van der Waals surface area contributed by atoms with E-state index >= 15 is 0 Å². The third-order valence-corrected chi connectivity index (χ3v) is 2.98. The summed E-state index contributed by atoms with van der Waals surface area (Å²) in [5.74, 6) is -0.0928. The van der Waals surface area contributed by atoms with Crippen LogP contribution in [0.15, 0.2) is 24.8 Å². The molecule has 0 aliphatic rings. The zero-order valence-electron chi connectivity index (χ0n) is 11.4. The third kappa shape index (κ3) is 2.40. The quantitative estimate of drug-likeness (QED) is 0.714. The Bertz CT molecular complexity index is 807. The van der Waals surface area contributed by atoms with Gasteiger partial charge < -0.3 is 10.4 Å². The van der Waals surface area contributed by atoms with Crippen molar-refractivity contribution in [3.05, 3.63) is 36.0 Å². The predicted octanol–water partition coefficient (Wildman–Crippen LogP) is 0.404. The number of nitrogens with zero attached hydrogens (tertiary/aromatic N) is 6.